The number of carbonyl (C=O) groups is 1. The number of rotatable bonds is 4. The van der Waals surface area contributed by atoms with E-state index in [1.807, 2.05) is 13.8 Å². The third kappa shape index (κ3) is 2.97. The van der Waals surface area contributed by atoms with Gasteiger partial charge in [-0.05, 0) is 45.3 Å². The summed E-state index contributed by atoms with van der Waals surface area (Å²) in [4.78, 5) is 13.6. The van der Waals surface area contributed by atoms with Gasteiger partial charge in [0, 0.05) is 17.7 Å². The van der Waals surface area contributed by atoms with Gasteiger partial charge in [-0.25, -0.2) is 0 Å². The number of nitrogens with zero attached hydrogens (tertiary/aromatic N) is 1. The Morgan fingerprint density at radius 3 is 2.43 bits per heavy atom. The van der Waals surface area contributed by atoms with Gasteiger partial charge in [-0.3, -0.25) is 9.69 Å². The van der Waals surface area contributed by atoms with Crippen LogP contribution in [0.25, 0.3) is 0 Å². The van der Waals surface area contributed by atoms with Gasteiger partial charge in [-0.2, -0.15) is 0 Å². The average molecular weight is 293 g/mol. The van der Waals surface area contributed by atoms with Crippen molar-refractivity contribution in [2.45, 2.75) is 39.2 Å². The Bertz CT molecular complexity index is 521. The molecule has 3 N–H and O–H groups in total. The number of carboxylic acid groups (broad SMARTS) is 1. The summed E-state index contributed by atoms with van der Waals surface area (Å²) in [5.74, 6) is -0.587. The van der Waals surface area contributed by atoms with E-state index in [9.17, 15) is 20.1 Å². The summed E-state index contributed by atoms with van der Waals surface area (Å²) in [5, 5.41) is 28.7. The Labute approximate surface area is 124 Å². The van der Waals surface area contributed by atoms with Gasteiger partial charge in [-0.1, -0.05) is 13.0 Å². The van der Waals surface area contributed by atoms with Crippen LogP contribution in [0, 0.1) is 5.41 Å². The molecule has 1 aliphatic heterocycles. The van der Waals surface area contributed by atoms with E-state index < -0.39 is 11.4 Å². The van der Waals surface area contributed by atoms with Crippen molar-refractivity contribution in [1.29, 1.82) is 0 Å². The van der Waals surface area contributed by atoms with E-state index in [1.165, 1.54) is 6.07 Å². The molecule has 1 unspecified atom stereocenters. The fraction of sp³-hybridized carbons (Fsp3) is 0.562. The first-order chi connectivity index (χ1) is 9.89. The van der Waals surface area contributed by atoms with Crippen molar-refractivity contribution in [3.8, 4) is 11.5 Å². The molecule has 1 fully saturated rings. The first kappa shape index (κ1) is 15.6. The van der Waals surface area contributed by atoms with Crippen LogP contribution in [0.5, 0.6) is 11.5 Å². The molecule has 0 aromatic heterocycles. The SMILES string of the molecule is CCC1(C(=O)O)CCN(C(C)c2ccc(O)cc2O)CC1. The van der Waals surface area contributed by atoms with Crippen LogP contribution in [-0.4, -0.2) is 39.3 Å². The molecule has 1 heterocycles. The molecule has 2 rings (SSSR count). The number of piperidine rings is 1. The molecule has 0 saturated carbocycles. The van der Waals surface area contributed by atoms with Crippen LogP contribution >= 0.6 is 0 Å². The van der Waals surface area contributed by atoms with Crippen molar-refractivity contribution in [2.75, 3.05) is 13.1 Å². The van der Waals surface area contributed by atoms with E-state index in [-0.39, 0.29) is 17.5 Å². The van der Waals surface area contributed by atoms with E-state index in [0.29, 0.717) is 32.4 Å². The Morgan fingerprint density at radius 2 is 1.95 bits per heavy atom. The second-order valence-electron chi connectivity index (χ2n) is 5.89. The summed E-state index contributed by atoms with van der Waals surface area (Å²) in [5.41, 5.74) is 0.153. The maximum absolute atomic E-state index is 11.5. The molecule has 116 valence electrons. The zero-order valence-corrected chi connectivity index (χ0v) is 12.5. The van der Waals surface area contributed by atoms with Gasteiger partial charge in [0.1, 0.15) is 11.5 Å². The second-order valence-corrected chi connectivity index (χ2v) is 5.89. The number of benzene rings is 1. The lowest BCUT2D eigenvalue weighted by molar-refractivity contribution is -0.152. The molecule has 1 saturated heterocycles. The zero-order chi connectivity index (χ0) is 15.6. The number of phenols is 2. The zero-order valence-electron chi connectivity index (χ0n) is 12.5. The summed E-state index contributed by atoms with van der Waals surface area (Å²) in [6.07, 6.45) is 1.90. The molecule has 1 aliphatic rings. The van der Waals surface area contributed by atoms with E-state index >= 15 is 0 Å². The lowest BCUT2D eigenvalue weighted by atomic mass is 9.76. The largest absolute Gasteiger partial charge is 0.508 e. The quantitative estimate of drug-likeness (QED) is 0.795. The molecule has 0 aliphatic carbocycles. The highest BCUT2D eigenvalue weighted by Crippen LogP contribution is 2.39. The highest BCUT2D eigenvalue weighted by Gasteiger charge is 2.40. The molecule has 1 atom stereocenters. The minimum absolute atomic E-state index is 0.00532. The molecule has 1 aromatic carbocycles. The van der Waals surface area contributed by atoms with Crippen LogP contribution in [0.1, 0.15) is 44.7 Å². The van der Waals surface area contributed by atoms with E-state index in [0.717, 1.165) is 5.56 Å². The molecule has 0 radical (unpaired) electrons. The van der Waals surface area contributed by atoms with Crippen molar-refractivity contribution < 1.29 is 20.1 Å². The normalized spacial score (nSPS) is 20.1. The number of carboxylic acids is 1. The first-order valence-corrected chi connectivity index (χ1v) is 7.39. The van der Waals surface area contributed by atoms with Crippen LogP contribution in [-0.2, 0) is 4.79 Å². The Morgan fingerprint density at radius 1 is 1.33 bits per heavy atom. The Kier molecular flexibility index (Phi) is 4.42. The van der Waals surface area contributed by atoms with Crippen molar-refractivity contribution >= 4 is 5.97 Å². The van der Waals surface area contributed by atoms with Gasteiger partial charge in [0.05, 0.1) is 5.41 Å². The van der Waals surface area contributed by atoms with Gasteiger partial charge in [0.25, 0.3) is 0 Å². The van der Waals surface area contributed by atoms with Gasteiger partial charge in [-0.15, -0.1) is 0 Å². The highest BCUT2D eigenvalue weighted by atomic mass is 16.4. The van der Waals surface area contributed by atoms with Crippen LogP contribution in [0.15, 0.2) is 18.2 Å². The number of aliphatic carboxylic acids is 1. The van der Waals surface area contributed by atoms with Crippen molar-refractivity contribution in [3.63, 3.8) is 0 Å². The van der Waals surface area contributed by atoms with E-state index in [2.05, 4.69) is 4.90 Å². The predicted octanol–water partition coefficient (Wildman–Crippen LogP) is 2.74. The second kappa shape index (κ2) is 5.93. The highest BCUT2D eigenvalue weighted by molar-refractivity contribution is 5.74. The summed E-state index contributed by atoms with van der Waals surface area (Å²) in [6, 6.07) is 4.61. The molecule has 21 heavy (non-hydrogen) atoms. The standard InChI is InChI=1S/C16H23NO4/c1-3-16(15(20)21)6-8-17(9-7-16)11(2)13-5-4-12(18)10-14(13)19/h4-5,10-11,18-19H,3,6-9H2,1-2H3,(H,20,21). The topological polar surface area (TPSA) is 81.0 Å². The molecular weight excluding hydrogens is 270 g/mol. The van der Waals surface area contributed by atoms with Gasteiger partial charge >= 0.3 is 5.97 Å². The van der Waals surface area contributed by atoms with Gasteiger partial charge in [0.15, 0.2) is 0 Å². The fourth-order valence-corrected chi connectivity index (χ4v) is 3.14. The van der Waals surface area contributed by atoms with Crippen molar-refractivity contribution in [3.05, 3.63) is 23.8 Å². The molecule has 0 bridgehead atoms. The van der Waals surface area contributed by atoms with Crippen molar-refractivity contribution in [2.24, 2.45) is 5.41 Å². The number of hydrogen-bond donors (Lipinski definition) is 3. The average Bonchev–Trinajstić information content (AvgIpc) is 2.46. The smallest absolute Gasteiger partial charge is 0.309 e. The molecule has 0 amide bonds. The first-order valence-electron chi connectivity index (χ1n) is 7.39. The number of likely N-dealkylation sites (tertiary alicyclic amines) is 1. The molecule has 5 heteroatoms. The van der Waals surface area contributed by atoms with Crippen LogP contribution in [0.2, 0.25) is 0 Å². The summed E-state index contributed by atoms with van der Waals surface area (Å²) in [6.45, 7) is 5.31. The van der Waals surface area contributed by atoms with Gasteiger partial charge in [0.2, 0.25) is 0 Å². The number of aromatic hydroxyl groups is 2. The number of phenolic OH excluding ortho intramolecular Hbond substituents is 2. The molecular formula is C16H23NO4. The maximum Gasteiger partial charge on any atom is 0.309 e. The third-order valence-corrected chi connectivity index (χ3v) is 4.90. The van der Waals surface area contributed by atoms with E-state index in [4.69, 9.17) is 0 Å². The Balaban J connectivity index is 2.09. The fourth-order valence-electron chi connectivity index (χ4n) is 3.14. The number of hydrogen-bond acceptors (Lipinski definition) is 4. The van der Waals surface area contributed by atoms with Gasteiger partial charge < -0.3 is 15.3 Å². The maximum atomic E-state index is 11.5. The minimum atomic E-state index is -0.704. The monoisotopic (exact) mass is 293 g/mol. The summed E-state index contributed by atoms with van der Waals surface area (Å²) in [7, 11) is 0. The van der Waals surface area contributed by atoms with Crippen LogP contribution < -0.4 is 0 Å². The molecule has 1 aromatic rings. The van der Waals surface area contributed by atoms with Crippen molar-refractivity contribution in [1.82, 2.24) is 4.90 Å². The molecule has 0 spiro atoms. The molecule has 5 nitrogen and oxygen atoms in total. The third-order valence-electron chi connectivity index (χ3n) is 4.90. The van der Waals surface area contributed by atoms with E-state index in [1.54, 1.807) is 12.1 Å². The van der Waals surface area contributed by atoms with Crippen LogP contribution in [0.3, 0.4) is 0 Å². The lowest BCUT2D eigenvalue weighted by Gasteiger charge is -2.41. The van der Waals surface area contributed by atoms with Crippen LogP contribution in [0.4, 0.5) is 0 Å². The lowest BCUT2D eigenvalue weighted by Crippen LogP contribution is -2.44. The summed E-state index contributed by atoms with van der Waals surface area (Å²) >= 11 is 0. The minimum Gasteiger partial charge on any atom is -0.508 e. The Hall–Kier alpha value is -1.75. The summed E-state index contributed by atoms with van der Waals surface area (Å²) < 4.78 is 0. The predicted molar refractivity (Wildman–Crippen MR) is 79.4 cm³/mol.